The highest BCUT2D eigenvalue weighted by Gasteiger charge is 2.32. The lowest BCUT2D eigenvalue weighted by Crippen LogP contribution is -2.53. The third-order valence-corrected chi connectivity index (χ3v) is 5.76. The summed E-state index contributed by atoms with van der Waals surface area (Å²) in [4.78, 5) is 13.2. The van der Waals surface area contributed by atoms with Crippen molar-refractivity contribution in [2.24, 2.45) is 0 Å². The van der Waals surface area contributed by atoms with Crippen LogP contribution >= 0.6 is 15.9 Å². The average molecular weight is 381 g/mol. The average Bonchev–Trinajstić information content (AvgIpc) is 2.77. The van der Waals surface area contributed by atoms with E-state index in [1.807, 2.05) is 13.8 Å². The van der Waals surface area contributed by atoms with Crippen molar-refractivity contribution in [1.82, 2.24) is 9.84 Å². The number of hydrazine groups is 1. The van der Waals surface area contributed by atoms with Gasteiger partial charge in [-0.2, -0.15) is 0 Å². The van der Waals surface area contributed by atoms with E-state index >= 15 is 0 Å². The topological polar surface area (TPSA) is 99.9 Å². The number of hydrogen-bond acceptors (Lipinski definition) is 5. The second-order valence-corrected chi connectivity index (χ2v) is 7.53. The molecule has 1 aromatic rings. The van der Waals surface area contributed by atoms with Crippen LogP contribution in [0.5, 0.6) is 0 Å². The molecule has 118 valence electrons. The lowest BCUT2D eigenvalue weighted by Gasteiger charge is -2.38. The van der Waals surface area contributed by atoms with Gasteiger partial charge in [0.25, 0.3) is 10.0 Å². The zero-order valence-corrected chi connectivity index (χ0v) is 14.1. The molecule has 2 heterocycles. The molecule has 7 nitrogen and oxygen atoms in total. The molecule has 2 rings (SSSR count). The van der Waals surface area contributed by atoms with Crippen LogP contribution in [0.4, 0.5) is 0 Å². The van der Waals surface area contributed by atoms with Gasteiger partial charge in [0, 0.05) is 18.2 Å². The summed E-state index contributed by atoms with van der Waals surface area (Å²) in [5, 5.41) is 10.5. The van der Waals surface area contributed by atoms with Crippen LogP contribution in [-0.4, -0.2) is 36.6 Å². The molecule has 2 N–H and O–H groups in total. The quantitative estimate of drug-likeness (QED) is 0.830. The Morgan fingerprint density at radius 2 is 2.00 bits per heavy atom. The molecule has 1 saturated heterocycles. The fraction of sp³-hybridized carbons (Fsp3) is 0.583. The van der Waals surface area contributed by atoms with Gasteiger partial charge >= 0.3 is 5.97 Å². The molecule has 1 aliphatic rings. The predicted molar refractivity (Wildman–Crippen MR) is 78.3 cm³/mol. The minimum atomic E-state index is -3.90. The van der Waals surface area contributed by atoms with Gasteiger partial charge in [0.15, 0.2) is 4.67 Å². The van der Waals surface area contributed by atoms with Gasteiger partial charge in [0.2, 0.25) is 5.76 Å². The largest absolute Gasteiger partial charge is 0.475 e. The number of aromatic carboxylic acids is 1. The van der Waals surface area contributed by atoms with E-state index < -0.39 is 21.8 Å². The summed E-state index contributed by atoms with van der Waals surface area (Å²) in [5.41, 5.74) is 0. The van der Waals surface area contributed by atoms with Crippen LogP contribution in [0.15, 0.2) is 20.0 Å². The van der Waals surface area contributed by atoms with Gasteiger partial charge in [0.05, 0.1) is 0 Å². The van der Waals surface area contributed by atoms with Crippen molar-refractivity contribution in [2.45, 2.75) is 50.1 Å². The lowest BCUT2D eigenvalue weighted by molar-refractivity contribution is 0.0661. The Kier molecular flexibility index (Phi) is 4.76. The van der Waals surface area contributed by atoms with Gasteiger partial charge in [-0.25, -0.2) is 18.2 Å². The van der Waals surface area contributed by atoms with Crippen molar-refractivity contribution < 1.29 is 22.7 Å². The molecule has 2 unspecified atom stereocenters. The molecule has 0 aromatic carbocycles. The summed E-state index contributed by atoms with van der Waals surface area (Å²) in [7, 11) is -3.90. The zero-order chi connectivity index (χ0) is 15.8. The molecule has 0 amide bonds. The van der Waals surface area contributed by atoms with E-state index in [-0.39, 0.29) is 21.6 Å². The molecule has 0 radical (unpaired) electrons. The standard InChI is InChI=1S/C12H17BrN2O5S/c1-7-4-3-5-8(2)15(7)14-21(18,19)10-6-9(12(16)17)20-11(10)13/h6-8,14H,3-5H2,1-2H3,(H,16,17). The van der Waals surface area contributed by atoms with Crippen molar-refractivity contribution >= 4 is 31.9 Å². The van der Waals surface area contributed by atoms with Gasteiger partial charge in [-0.1, -0.05) is 6.42 Å². The van der Waals surface area contributed by atoms with E-state index in [1.165, 1.54) is 0 Å². The summed E-state index contributed by atoms with van der Waals surface area (Å²) >= 11 is 2.95. The van der Waals surface area contributed by atoms with Gasteiger partial charge < -0.3 is 9.52 Å². The van der Waals surface area contributed by atoms with E-state index in [1.54, 1.807) is 5.01 Å². The summed E-state index contributed by atoms with van der Waals surface area (Å²) < 4.78 is 29.6. The first-order chi connectivity index (χ1) is 9.72. The van der Waals surface area contributed by atoms with E-state index in [0.717, 1.165) is 25.3 Å². The number of nitrogens with one attached hydrogen (secondary N) is 1. The maximum atomic E-state index is 12.4. The lowest BCUT2D eigenvalue weighted by atomic mass is 10.0. The highest BCUT2D eigenvalue weighted by molar-refractivity contribution is 9.10. The number of nitrogens with zero attached hydrogens (tertiary/aromatic N) is 1. The number of piperidine rings is 1. The fourth-order valence-corrected chi connectivity index (χ4v) is 4.61. The monoisotopic (exact) mass is 380 g/mol. The van der Waals surface area contributed by atoms with Gasteiger partial charge in [-0.3, -0.25) is 0 Å². The number of carboxylic acids is 1. The third kappa shape index (κ3) is 3.47. The number of sulfonamides is 1. The van der Waals surface area contributed by atoms with E-state index in [2.05, 4.69) is 20.8 Å². The Bertz CT molecular complexity index is 632. The molecule has 2 atom stereocenters. The number of furan rings is 1. The fourth-order valence-electron chi connectivity index (χ4n) is 2.43. The Morgan fingerprint density at radius 1 is 1.43 bits per heavy atom. The summed E-state index contributed by atoms with van der Waals surface area (Å²) in [6, 6.07) is 1.15. The van der Waals surface area contributed by atoms with Crippen LogP contribution in [0, 0.1) is 0 Å². The van der Waals surface area contributed by atoms with E-state index in [4.69, 9.17) is 9.52 Å². The number of hydrogen-bond donors (Lipinski definition) is 2. The minimum Gasteiger partial charge on any atom is -0.475 e. The molecule has 1 fully saturated rings. The molecular weight excluding hydrogens is 364 g/mol. The highest BCUT2D eigenvalue weighted by Crippen LogP contribution is 2.28. The smallest absolute Gasteiger partial charge is 0.371 e. The molecule has 0 aliphatic carbocycles. The Balaban J connectivity index is 2.28. The van der Waals surface area contributed by atoms with Crippen molar-refractivity contribution in [3.8, 4) is 0 Å². The molecule has 0 saturated carbocycles. The molecule has 0 bridgehead atoms. The SMILES string of the molecule is CC1CCCC(C)N1NS(=O)(=O)c1cc(C(=O)O)oc1Br. The summed E-state index contributed by atoms with van der Waals surface area (Å²) in [6.45, 7) is 3.90. The maximum absolute atomic E-state index is 12.4. The van der Waals surface area contributed by atoms with Crippen LogP contribution in [0.3, 0.4) is 0 Å². The normalized spacial score (nSPS) is 24.1. The summed E-state index contributed by atoms with van der Waals surface area (Å²) in [5.74, 6) is -1.75. The van der Waals surface area contributed by atoms with Crippen LogP contribution in [-0.2, 0) is 10.0 Å². The zero-order valence-electron chi connectivity index (χ0n) is 11.7. The van der Waals surface area contributed by atoms with Crippen LogP contribution in [0.25, 0.3) is 0 Å². The third-order valence-electron chi connectivity index (χ3n) is 3.57. The van der Waals surface area contributed by atoms with Crippen molar-refractivity contribution in [2.75, 3.05) is 0 Å². The van der Waals surface area contributed by atoms with Crippen molar-refractivity contribution in [3.63, 3.8) is 0 Å². The second-order valence-electron chi connectivity index (χ2n) is 5.18. The van der Waals surface area contributed by atoms with Crippen LogP contribution in [0.1, 0.15) is 43.7 Å². The second kappa shape index (κ2) is 6.07. The Morgan fingerprint density at radius 3 is 2.48 bits per heavy atom. The number of halogens is 1. The van der Waals surface area contributed by atoms with Crippen molar-refractivity contribution in [1.29, 1.82) is 0 Å². The van der Waals surface area contributed by atoms with E-state index in [9.17, 15) is 13.2 Å². The number of rotatable bonds is 4. The molecule has 1 aliphatic heterocycles. The Hall–Kier alpha value is -0.900. The Labute approximate surface area is 131 Å². The van der Waals surface area contributed by atoms with Crippen LogP contribution < -0.4 is 4.83 Å². The highest BCUT2D eigenvalue weighted by atomic mass is 79.9. The van der Waals surface area contributed by atoms with Crippen molar-refractivity contribution in [3.05, 3.63) is 16.5 Å². The van der Waals surface area contributed by atoms with E-state index in [0.29, 0.717) is 0 Å². The van der Waals surface area contributed by atoms with Gasteiger partial charge in [0.1, 0.15) is 4.90 Å². The molecular formula is C12H17BrN2O5S. The number of carbonyl (C=O) groups is 1. The molecule has 9 heteroatoms. The number of carboxylic acid groups (broad SMARTS) is 1. The molecule has 1 aromatic heterocycles. The molecule has 21 heavy (non-hydrogen) atoms. The van der Waals surface area contributed by atoms with Gasteiger partial charge in [-0.15, -0.1) is 4.83 Å². The first-order valence-electron chi connectivity index (χ1n) is 6.56. The van der Waals surface area contributed by atoms with Crippen LogP contribution in [0.2, 0.25) is 0 Å². The minimum absolute atomic E-state index is 0.0770. The van der Waals surface area contributed by atoms with Gasteiger partial charge in [-0.05, 0) is 42.6 Å². The molecule has 0 spiro atoms. The maximum Gasteiger partial charge on any atom is 0.371 e. The first-order valence-corrected chi connectivity index (χ1v) is 8.83. The summed E-state index contributed by atoms with van der Waals surface area (Å²) in [6.07, 6.45) is 2.86. The predicted octanol–water partition coefficient (Wildman–Crippen LogP) is 2.20. The first kappa shape index (κ1) is 16.5.